The number of rotatable bonds is 3. The lowest BCUT2D eigenvalue weighted by Crippen LogP contribution is -2.36. The summed E-state index contributed by atoms with van der Waals surface area (Å²) in [5.74, 6) is 0.713. The molecule has 1 saturated carbocycles. The first-order valence-electron chi connectivity index (χ1n) is 5.73. The molecule has 0 saturated heterocycles. The van der Waals surface area contributed by atoms with Crippen molar-refractivity contribution in [3.05, 3.63) is 18.3 Å². The lowest BCUT2D eigenvalue weighted by Gasteiger charge is -2.17. The van der Waals surface area contributed by atoms with Gasteiger partial charge in [0.2, 0.25) is 10.0 Å². The summed E-state index contributed by atoms with van der Waals surface area (Å²) >= 11 is 0. The number of nitrogens with zero attached hydrogens (tertiary/aromatic N) is 1. The van der Waals surface area contributed by atoms with Gasteiger partial charge in [-0.3, -0.25) is 0 Å². The molecule has 0 radical (unpaired) electrons. The summed E-state index contributed by atoms with van der Waals surface area (Å²) in [7, 11) is -3.46. The second-order valence-electron chi connectivity index (χ2n) is 4.55. The Morgan fingerprint density at radius 2 is 2.18 bits per heavy atom. The molecule has 0 bridgehead atoms. The first-order chi connectivity index (χ1) is 7.99. The fraction of sp³-hybridized carbons (Fsp3) is 0.545. The molecule has 1 aromatic heterocycles. The van der Waals surface area contributed by atoms with Gasteiger partial charge in [0.15, 0.2) is 0 Å². The minimum atomic E-state index is -3.46. The molecule has 17 heavy (non-hydrogen) atoms. The normalized spacial score (nSPS) is 25.0. The fourth-order valence-corrected chi connectivity index (χ4v) is 3.46. The second-order valence-corrected chi connectivity index (χ2v) is 6.27. The minimum Gasteiger partial charge on any atom is -0.384 e. The number of aromatic nitrogens is 1. The number of anilines is 1. The van der Waals surface area contributed by atoms with Crippen molar-refractivity contribution in [3.8, 4) is 0 Å². The van der Waals surface area contributed by atoms with Crippen molar-refractivity contribution in [2.75, 3.05) is 5.73 Å². The van der Waals surface area contributed by atoms with Crippen LogP contribution >= 0.6 is 0 Å². The van der Waals surface area contributed by atoms with Crippen LogP contribution < -0.4 is 10.5 Å². The molecule has 0 amide bonds. The zero-order valence-corrected chi connectivity index (χ0v) is 10.6. The third-order valence-corrected chi connectivity index (χ3v) is 4.71. The van der Waals surface area contributed by atoms with Crippen molar-refractivity contribution in [2.45, 2.75) is 37.1 Å². The summed E-state index contributed by atoms with van der Waals surface area (Å²) < 4.78 is 26.8. The lowest BCUT2D eigenvalue weighted by molar-refractivity contribution is 0.476. The maximum atomic E-state index is 12.1. The van der Waals surface area contributed by atoms with E-state index in [1.165, 1.54) is 18.3 Å². The standard InChI is InChI=1S/C11H17N3O2S/c1-8-3-2-4-10(8)14-17(15,16)9-5-6-11(12)13-7-9/h5-8,10,14H,2-4H2,1H3,(H2,12,13). The van der Waals surface area contributed by atoms with Crippen LogP contribution in [0.4, 0.5) is 5.82 Å². The molecular formula is C11H17N3O2S. The van der Waals surface area contributed by atoms with Gasteiger partial charge in [-0.1, -0.05) is 13.3 Å². The zero-order chi connectivity index (χ0) is 12.5. The van der Waals surface area contributed by atoms with Crippen LogP contribution in [0.25, 0.3) is 0 Å². The van der Waals surface area contributed by atoms with Gasteiger partial charge in [-0.25, -0.2) is 18.1 Å². The van der Waals surface area contributed by atoms with Crippen molar-refractivity contribution in [1.82, 2.24) is 9.71 Å². The van der Waals surface area contributed by atoms with Gasteiger partial charge < -0.3 is 5.73 Å². The smallest absolute Gasteiger partial charge is 0.242 e. The first kappa shape index (κ1) is 12.3. The van der Waals surface area contributed by atoms with Gasteiger partial charge in [0.1, 0.15) is 10.7 Å². The predicted octanol–water partition coefficient (Wildman–Crippen LogP) is 1.13. The van der Waals surface area contributed by atoms with Gasteiger partial charge in [0, 0.05) is 12.2 Å². The second kappa shape index (κ2) is 4.62. The summed E-state index contributed by atoms with van der Waals surface area (Å²) in [4.78, 5) is 3.97. The van der Waals surface area contributed by atoms with E-state index in [0.717, 1.165) is 19.3 Å². The van der Waals surface area contributed by atoms with Crippen LogP contribution in [-0.2, 0) is 10.0 Å². The average molecular weight is 255 g/mol. The Morgan fingerprint density at radius 3 is 2.71 bits per heavy atom. The molecule has 6 heteroatoms. The number of nitrogen functional groups attached to an aromatic ring is 1. The first-order valence-corrected chi connectivity index (χ1v) is 7.21. The summed E-state index contributed by atoms with van der Waals surface area (Å²) in [6.45, 7) is 2.07. The van der Waals surface area contributed by atoms with Gasteiger partial charge in [-0.2, -0.15) is 0 Å². The molecule has 2 unspecified atom stereocenters. The number of hydrogen-bond acceptors (Lipinski definition) is 4. The molecule has 1 heterocycles. The van der Waals surface area contributed by atoms with Crippen LogP contribution in [0, 0.1) is 5.92 Å². The Bertz CT molecular complexity index is 484. The van der Waals surface area contributed by atoms with E-state index >= 15 is 0 Å². The van der Waals surface area contributed by atoms with Crippen molar-refractivity contribution in [2.24, 2.45) is 5.92 Å². The van der Waals surface area contributed by atoms with E-state index in [1.807, 2.05) is 0 Å². The van der Waals surface area contributed by atoms with Crippen LogP contribution in [0.15, 0.2) is 23.2 Å². The van der Waals surface area contributed by atoms with Crippen molar-refractivity contribution in [1.29, 1.82) is 0 Å². The van der Waals surface area contributed by atoms with E-state index in [9.17, 15) is 8.42 Å². The van der Waals surface area contributed by atoms with E-state index < -0.39 is 10.0 Å². The van der Waals surface area contributed by atoms with Gasteiger partial charge in [-0.15, -0.1) is 0 Å². The lowest BCUT2D eigenvalue weighted by atomic mass is 10.1. The summed E-state index contributed by atoms with van der Waals surface area (Å²) in [5.41, 5.74) is 5.43. The van der Waals surface area contributed by atoms with E-state index in [1.54, 1.807) is 0 Å². The van der Waals surface area contributed by atoms with Crippen LogP contribution in [-0.4, -0.2) is 19.4 Å². The molecule has 3 N–H and O–H groups in total. The maximum Gasteiger partial charge on any atom is 0.242 e. The SMILES string of the molecule is CC1CCCC1NS(=O)(=O)c1ccc(N)nc1. The van der Waals surface area contributed by atoms with E-state index in [4.69, 9.17) is 5.73 Å². The number of hydrogen-bond donors (Lipinski definition) is 2. The Morgan fingerprint density at radius 1 is 1.41 bits per heavy atom. The van der Waals surface area contributed by atoms with Crippen LogP contribution in [0.2, 0.25) is 0 Å². The van der Waals surface area contributed by atoms with Crippen molar-refractivity contribution < 1.29 is 8.42 Å². The van der Waals surface area contributed by atoms with E-state index in [2.05, 4.69) is 16.6 Å². The zero-order valence-electron chi connectivity index (χ0n) is 9.76. The third-order valence-electron chi connectivity index (χ3n) is 3.24. The summed E-state index contributed by atoms with van der Waals surface area (Å²) in [6, 6.07) is 3.01. The third kappa shape index (κ3) is 2.76. The largest absolute Gasteiger partial charge is 0.384 e. The molecule has 2 atom stereocenters. The number of nitrogens with two attached hydrogens (primary N) is 1. The van der Waals surface area contributed by atoms with Crippen molar-refractivity contribution in [3.63, 3.8) is 0 Å². The van der Waals surface area contributed by atoms with Crippen LogP contribution in [0.1, 0.15) is 26.2 Å². The molecular weight excluding hydrogens is 238 g/mol. The fourth-order valence-electron chi connectivity index (χ4n) is 2.14. The molecule has 1 fully saturated rings. The van der Waals surface area contributed by atoms with E-state index in [-0.39, 0.29) is 10.9 Å². The molecule has 2 rings (SSSR count). The highest BCUT2D eigenvalue weighted by molar-refractivity contribution is 7.89. The van der Waals surface area contributed by atoms with Gasteiger partial charge in [0.05, 0.1) is 0 Å². The Hall–Kier alpha value is -1.14. The highest BCUT2D eigenvalue weighted by Gasteiger charge is 2.28. The predicted molar refractivity (Wildman–Crippen MR) is 65.8 cm³/mol. The summed E-state index contributed by atoms with van der Waals surface area (Å²) in [5, 5.41) is 0. The number of nitrogens with one attached hydrogen (secondary N) is 1. The molecule has 5 nitrogen and oxygen atoms in total. The van der Waals surface area contributed by atoms with Gasteiger partial charge >= 0.3 is 0 Å². The van der Waals surface area contributed by atoms with Crippen LogP contribution in [0.5, 0.6) is 0 Å². The van der Waals surface area contributed by atoms with Gasteiger partial charge in [-0.05, 0) is 30.9 Å². The molecule has 0 aromatic carbocycles. The highest BCUT2D eigenvalue weighted by atomic mass is 32.2. The minimum absolute atomic E-state index is 0.0394. The van der Waals surface area contributed by atoms with Crippen molar-refractivity contribution >= 4 is 15.8 Å². The molecule has 0 spiro atoms. The Balaban J connectivity index is 2.16. The molecule has 1 aliphatic rings. The quantitative estimate of drug-likeness (QED) is 0.848. The van der Waals surface area contributed by atoms with E-state index in [0.29, 0.717) is 11.7 Å². The topological polar surface area (TPSA) is 85.1 Å². The molecule has 0 aliphatic heterocycles. The maximum absolute atomic E-state index is 12.1. The summed E-state index contributed by atoms with van der Waals surface area (Å²) in [6.07, 6.45) is 4.35. The highest BCUT2D eigenvalue weighted by Crippen LogP contribution is 2.26. The molecule has 1 aromatic rings. The molecule has 1 aliphatic carbocycles. The number of pyridine rings is 1. The Kier molecular flexibility index (Phi) is 3.35. The average Bonchev–Trinajstić information content (AvgIpc) is 2.64. The number of sulfonamides is 1. The monoisotopic (exact) mass is 255 g/mol. The van der Waals surface area contributed by atoms with Crippen LogP contribution in [0.3, 0.4) is 0 Å². The molecule has 94 valence electrons. The Labute approximate surface area is 101 Å². The van der Waals surface area contributed by atoms with Gasteiger partial charge in [0.25, 0.3) is 0 Å².